The van der Waals surface area contributed by atoms with Crippen LogP contribution in [0.5, 0.6) is 5.75 Å². The lowest BCUT2D eigenvalue weighted by molar-refractivity contribution is -0.131. The molecule has 0 heterocycles. The maximum atomic E-state index is 12.3. The summed E-state index contributed by atoms with van der Waals surface area (Å²) in [6.07, 6.45) is 0.599. The number of nitrogens with zero attached hydrogens (tertiary/aromatic N) is 1. The minimum atomic E-state index is -0.524. The number of carbonyl (C=O) groups excluding carboxylic acids is 2. The van der Waals surface area contributed by atoms with Crippen molar-refractivity contribution in [3.63, 3.8) is 0 Å². The number of hydrogen-bond donors (Lipinski definition) is 2. The van der Waals surface area contributed by atoms with Gasteiger partial charge >= 0.3 is 6.03 Å². The minimum absolute atomic E-state index is 0.0986. The molecular weight excluding hydrogens is 342 g/mol. The Labute approximate surface area is 160 Å². The van der Waals surface area contributed by atoms with Gasteiger partial charge in [-0.25, -0.2) is 4.79 Å². The molecule has 0 radical (unpaired) electrons. The van der Waals surface area contributed by atoms with Crippen molar-refractivity contribution in [2.24, 2.45) is 5.92 Å². The van der Waals surface area contributed by atoms with Gasteiger partial charge in [0, 0.05) is 20.6 Å². The monoisotopic (exact) mass is 371 g/mol. The number of nitrogens with one attached hydrogen (secondary N) is 2. The van der Waals surface area contributed by atoms with Gasteiger partial charge in [-0.3, -0.25) is 4.79 Å². The number of amides is 3. The van der Waals surface area contributed by atoms with Gasteiger partial charge < -0.3 is 20.3 Å². The molecule has 0 aliphatic rings. The molecule has 6 nitrogen and oxygen atoms in total. The Kier molecular flexibility index (Phi) is 7.05. The Bertz CT molecular complexity index is 802. The number of methoxy groups -OCH3 is 1. The molecule has 0 aliphatic heterocycles. The molecule has 2 aromatic carbocycles. The van der Waals surface area contributed by atoms with Crippen LogP contribution in [0.15, 0.2) is 36.4 Å². The summed E-state index contributed by atoms with van der Waals surface area (Å²) in [6.45, 7) is 4.44. The van der Waals surface area contributed by atoms with Crippen molar-refractivity contribution >= 4 is 22.7 Å². The van der Waals surface area contributed by atoms with Crippen molar-refractivity contribution in [3.8, 4) is 5.75 Å². The second kappa shape index (κ2) is 9.26. The third kappa shape index (κ3) is 5.88. The molecular formula is C21H29N3O3. The number of urea groups is 1. The Morgan fingerprint density at radius 3 is 2.37 bits per heavy atom. The highest BCUT2D eigenvalue weighted by molar-refractivity contribution is 5.87. The lowest BCUT2D eigenvalue weighted by Gasteiger charge is -2.23. The number of fused-ring (bicyclic) bond motifs is 1. The summed E-state index contributed by atoms with van der Waals surface area (Å²) < 4.78 is 5.24. The molecule has 2 N–H and O–H groups in total. The van der Waals surface area contributed by atoms with Crippen molar-refractivity contribution in [2.45, 2.75) is 32.9 Å². The zero-order chi connectivity index (χ0) is 20.0. The third-order valence-electron chi connectivity index (χ3n) is 4.32. The van der Waals surface area contributed by atoms with Gasteiger partial charge in [0.2, 0.25) is 5.91 Å². The summed E-state index contributed by atoms with van der Waals surface area (Å²) in [5.74, 6) is 1.02. The van der Waals surface area contributed by atoms with Crippen LogP contribution in [-0.4, -0.2) is 44.1 Å². The molecule has 6 heteroatoms. The molecule has 0 saturated carbocycles. The first-order chi connectivity index (χ1) is 12.8. The molecule has 0 aliphatic carbocycles. The van der Waals surface area contributed by atoms with Crippen molar-refractivity contribution < 1.29 is 14.3 Å². The number of benzene rings is 2. The van der Waals surface area contributed by atoms with E-state index in [-0.39, 0.29) is 11.9 Å². The smallest absolute Gasteiger partial charge is 0.315 e. The summed E-state index contributed by atoms with van der Waals surface area (Å²) in [6, 6.07) is 11.0. The van der Waals surface area contributed by atoms with Crippen LogP contribution in [0.1, 0.15) is 25.8 Å². The standard InChI is InChI=1S/C21H29N3O3/c1-14(2)10-19(20(25)24(3)4)23-21(26)22-13-15-6-7-17-12-18(27-5)9-8-16(17)11-15/h6-9,11-12,14,19H,10,13H2,1-5H3,(H2,22,23,26)/t19-/m0/s1. The van der Waals surface area contributed by atoms with E-state index in [0.29, 0.717) is 18.9 Å². The molecule has 0 aromatic heterocycles. The van der Waals surface area contributed by atoms with E-state index in [1.807, 2.05) is 50.2 Å². The van der Waals surface area contributed by atoms with E-state index in [0.717, 1.165) is 22.1 Å². The first-order valence-corrected chi connectivity index (χ1v) is 9.12. The second-order valence-corrected chi connectivity index (χ2v) is 7.29. The van der Waals surface area contributed by atoms with Gasteiger partial charge in [0.25, 0.3) is 0 Å². The lowest BCUT2D eigenvalue weighted by atomic mass is 10.0. The van der Waals surface area contributed by atoms with Crippen LogP contribution in [0.4, 0.5) is 4.79 Å². The maximum absolute atomic E-state index is 12.3. The van der Waals surface area contributed by atoms with E-state index < -0.39 is 6.04 Å². The third-order valence-corrected chi connectivity index (χ3v) is 4.32. The molecule has 3 amide bonds. The zero-order valence-electron chi connectivity index (χ0n) is 16.7. The molecule has 146 valence electrons. The largest absolute Gasteiger partial charge is 0.497 e. The first kappa shape index (κ1) is 20.6. The van der Waals surface area contributed by atoms with E-state index in [4.69, 9.17) is 4.74 Å². The van der Waals surface area contributed by atoms with Gasteiger partial charge in [0.1, 0.15) is 11.8 Å². The van der Waals surface area contributed by atoms with Crippen molar-refractivity contribution in [1.29, 1.82) is 0 Å². The van der Waals surface area contributed by atoms with Gasteiger partial charge in [-0.2, -0.15) is 0 Å². The number of carbonyl (C=O) groups is 2. The predicted octanol–water partition coefficient (Wildman–Crippen LogP) is 3.15. The van der Waals surface area contributed by atoms with E-state index >= 15 is 0 Å². The fourth-order valence-corrected chi connectivity index (χ4v) is 2.91. The zero-order valence-corrected chi connectivity index (χ0v) is 16.7. The van der Waals surface area contributed by atoms with E-state index in [1.165, 1.54) is 4.90 Å². The van der Waals surface area contributed by atoms with Crippen LogP contribution in [-0.2, 0) is 11.3 Å². The average molecular weight is 371 g/mol. The van der Waals surface area contributed by atoms with Crippen LogP contribution >= 0.6 is 0 Å². The van der Waals surface area contributed by atoms with Gasteiger partial charge in [-0.05, 0) is 46.9 Å². The number of ether oxygens (including phenoxy) is 1. The minimum Gasteiger partial charge on any atom is -0.497 e. The molecule has 0 spiro atoms. The Hall–Kier alpha value is -2.76. The fraction of sp³-hybridized carbons (Fsp3) is 0.429. The normalized spacial score (nSPS) is 11.9. The molecule has 0 bridgehead atoms. The molecule has 27 heavy (non-hydrogen) atoms. The van der Waals surface area contributed by atoms with E-state index in [2.05, 4.69) is 10.6 Å². The van der Waals surface area contributed by atoms with Crippen LogP contribution < -0.4 is 15.4 Å². The number of hydrogen-bond acceptors (Lipinski definition) is 3. The quantitative estimate of drug-likeness (QED) is 0.785. The molecule has 2 rings (SSSR count). The highest BCUT2D eigenvalue weighted by Gasteiger charge is 2.23. The van der Waals surface area contributed by atoms with Gasteiger partial charge in [0.15, 0.2) is 0 Å². The van der Waals surface area contributed by atoms with Crippen molar-refractivity contribution in [1.82, 2.24) is 15.5 Å². The van der Waals surface area contributed by atoms with Gasteiger partial charge in [-0.15, -0.1) is 0 Å². The summed E-state index contributed by atoms with van der Waals surface area (Å²) in [5, 5.41) is 7.79. The second-order valence-electron chi connectivity index (χ2n) is 7.29. The molecule has 0 unspecified atom stereocenters. The topological polar surface area (TPSA) is 70.7 Å². The van der Waals surface area contributed by atoms with Crippen LogP contribution in [0.25, 0.3) is 10.8 Å². The maximum Gasteiger partial charge on any atom is 0.315 e. The number of rotatable bonds is 7. The summed E-state index contributed by atoms with van der Waals surface area (Å²) in [7, 11) is 5.03. The van der Waals surface area contributed by atoms with Crippen molar-refractivity contribution in [2.75, 3.05) is 21.2 Å². The fourth-order valence-electron chi connectivity index (χ4n) is 2.91. The summed E-state index contributed by atoms with van der Waals surface area (Å²) >= 11 is 0. The van der Waals surface area contributed by atoms with E-state index in [9.17, 15) is 9.59 Å². The summed E-state index contributed by atoms with van der Waals surface area (Å²) in [4.78, 5) is 26.0. The van der Waals surface area contributed by atoms with Crippen LogP contribution in [0.3, 0.4) is 0 Å². The predicted molar refractivity (Wildman–Crippen MR) is 108 cm³/mol. The van der Waals surface area contributed by atoms with Crippen LogP contribution in [0, 0.1) is 5.92 Å². The lowest BCUT2D eigenvalue weighted by Crippen LogP contribution is -2.50. The SMILES string of the molecule is COc1ccc2cc(CNC(=O)N[C@@H](CC(C)C)C(=O)N(C)C)ccc2c1. The average Bonchev–Trinajstić information content (AvgIpc) is 2.64. The van der Waals surface area contributed by atoms with Crippen LogP contribution in [0.2, 0.25) is 0 Å². The van der Waals surface area contributed by atoms with E-state index in [1.54, 1.807) is 21.2 Å². The Morgan fingerprint density at radius 2 is 1.74 bits per heavy atom. The Balaban J connectivity index is 1.99. The Morgan fingerprint density at radius 1 is 1.07 bits per heavy atom. The molecule has 2 aromatic rings. The molecule has 0 fully saturated rings. The molecule has 0 saturated heterocycles. The highest BCUT2D eigenvalue weighted by atomic mass is 16.5. The number of likely N-dealkylation sites (N-methyl/N-ethyl adjacent to an activating group) is 1. The van der Waals surface area contributed by atoms with Crippen molar-refractivity contribution in [3.05, 3.63) is 42.0 Å². The molecule has 1 atom stereocenters. The highest BCUT2D eigenvalue weighted by Crippen LogP contribution is 2.21. The first-order valence-electron chi connectivity index (χ1n) is 9.12. The summed E-state index contributed by atoms with van der Waals surface area (Å²) in [5.41, 5.74) is 0.988. The van der Waals surface area contributed by atoms with Gasteiger partial charge in [-0.1, -0.05) is 32.0 Å². The van der Waals surface area contributed by atoms with Gasteiger partial charge in [0.05, 0.1) is 7.11 Å².